The third-order valence-corrected chi connectivity index (χ3v) is 3.88. The number of ether oxygens (including phenoxy) is 2. The highest BCUT2D eigenvalue weighted by Crippen LogP contribution is 2.32. The summed E-state index contributed by atoms with van der Waals surface area (Å²) in [5.41, 5.74) is 2.70. The molecule has 1 heterocycles. The van der Waals surface area contributed by atoms with E-state index in [-0.39, 0.29) is 18.2 Å². The number of carbonyl (C=O) groups excluding carboxylic acids is 2. The summed E-state index contributed by atoms with van der Waals surface area (Å²) in [6, 6.07) is 12.9. The minimum Gasteiger partial charge on any atom is -0.486 e. The number of fused-ring (bicyclic) bond motifs is 1. The topological polar surface area (TPSA) is 76.7 Å². The van der Waals surface area contributed by atoms with Crippen molar-refractivity contribution in [2.75, 3.05) is 18.5 Å². The first-order chi connectivity index (χ1) is 12.1. The van der Waals surface area contributed by atoms with Gasteiger partial charge in [-0.05, 0) is 30.2 Å². The molecule has 0 saturated heterocycles. The summed E-state index contributed by atoms with van der Waals surface area (Å²) < 4.78 is 10.9. The first-order valence-electron chi connectivity index (χ1n) is 8.12. The van der Waals surface area contributed by atoms with Gasteiger partial charge in [-0.2, -0.15) is 0 Å². The van der Waals surface area contributed by atoms with Gasteiger partial charge in [0, 0.05) is 18.3 Å². The molecule has 0 atom stereocenters. The van der Waals surface area contributed by atoms with Crippen LogP contribution in [0.5, 0.6) is 11.5 Å². The number of hydrogen-bond donors (Lipinski definition) is 2. The summed E-state index contributed by atoms with van der Waals surface area (Å²) in [5.74, 6) is 0.547. The number of aryl methyl sites for hydroxylation is 1. The van der Waals surface area contributed by atoms with E-state index in [0.717, 1.165) is 11.1 Å². The van der Waals surface area contributed by atoms with Gasteiger partial charge in [-0.25, -0.2) is 0 Å². The summed E-state index contributed by atoms with van der Waals surface area (Å²) >= 11 is 0. The lowest BCUT2D eigenvalue weighted by atomic mass is 10.1. The smallest absolute Gasteiger partial charge is 0.233 e. The molecule has 0 fully saturated rings. The molecule has 0 aromatic heterocycles. The summed E-state index contributed by atoms with van der Waals surface area (Å²) in [6.45, 7) is 3.38. The molecule has 0 unspecified atom stereocenters. The summed E-state index contributed by atoms with van der Waals surface area (Å²) in [5, 5.41) is 5.46. The maximum Gasteiger partial charge on any atom is 0.233 e. The highest BCUT2D eigenvalue weighted by atomic mass is 16.6. The van der Waals surface area contributed by atoms with Crippen LogP contribution in [0.25, 0.3) is 0 Å². The van der Waals surface area contributed by atoms with E-state index < -0.39 is 0 Å². The third-order valence-electron chi connectivity index (χ3n) is 3.88. The van der Waals surface area contributed by atoms with Crippen molar-refractivity contribution in [2.24, 2.45) is 0 Å². The molecule has 0 saturated carbocycles. The predicted molar refractivity (Wildman–Crippen MR) is 93.7 cm³/mol. The molecule has 2 aromatic carbocycles. The average Bonchev–Trinajstić information content (AvgIpc) is 2.61. The molecule has 130 valence electrons. The van der Waals surface area contributed by atoms with Crippen LogP contribution in [0.1, 0.15) is 17.5 Å². The molecule has 1 aliphatic rings. The van der Waals surface area contributed by atoms with Crippen molar-refractivity contribution in [3.63, 3.8) is 0 Å². The van der Waals surface area contributed by atoms with Gasteiger partial charge in [0.05, 0.1) is 0 Å². The van der Waals surface area contributed by atoms with E-state index in [1.165, 1.54) is 0 Å². The fraction of sp³-hybridized carbons (Fsp3) is 0.263. The highest BCUT2D eigenvalue weighted by molar-refractivity contribution is 6.03. The molecule has 6 nitrogen and oxygen atoms in total. The van der Waals surface area contributed by atoms with Gasteiger partial charge >= 0.3 is 0 Å². The van der Waals surface area contributed by atoms with Crippen molar-refractivity contribution in [1.29, 1.82) is 0 Å². The van der Waals surface area contributed by atoms with Crippen molar-refractivity contribution in [3.05, 3.63) is 53.6 Å². The zero-order valence-electron chi connectivity index (χ0n) is 14.0. The second-order valence-electron chi connectivity index (χ2n) is 5.79. The number of nitrogens with one attached hydrogen (secondary N) is 2. The summed E-state index contributed by atoms with van der Waals surface area (Å²) in [4.78, 5) is 24.0. The van der Waals surface area contributed by atoms with Crippen molar-refractivity contribution < 1.29 is 19.1 Å². The second kappa shape index (κ2) is 7.70. The Morgan fingerprint density at radius 1 is 1.00 bits per heavy atom. The van der Waals surface area contributed by atoms with Crippen LogP contribution in [-0.2, 0) is 16.1 Å². The molecule has 2 amide bonds. The van der Waals surface area contributed by atoms with E-state index in [2.05, 4.69) is 10.6 Å². The van der Waals surface area contributed by atoms with E-state index in [9.17, 15) is 9.59 Å². The maximum absolute atomic E-state index is 12.0. The molecule has 6 heteroatoms. The molecule has 2 N–H and O–H groups in total. The van der Waals surface area contributed by atoms with Gasteiger partial charge in [0.15, 0.2) is 11.5 Å². The SMILES string of the molecule is Cc1ccccc1CNC(=O)CC(=O)Nc1ccc2c(c1)OCCO2. The predicted octanol–water partition coefficient (Wildman–Crippen LogP) is 2.41. The van der Waals surface area contributed by atoms with Gasteiger partial charge in [0.1, 0.15) is 19.6 Å². The Labute approximate surface area is 146 Å². The highest BCUT2D eigenvalue weighted by Gasteiger charge is 2.14. The largest absolute Gasteiger partial charge is 0.486 e. The number of benzene rings is 2. The van der Waals surface area contributed by atoms with Crippen LogP contribution in [0.2, 0.25) is 0 Å². The Morgan fingerprint density at radius 2 is 1.76 bits per heavy atom. The molecule has 25 heavy (non-hydrogen) atoms. The lowest BCUT2D eigenvalue weighted by Gasteiger charge is -2.19. The molecule has 0 aliphatic carbocycles. The molecular weight excluding hydrogens is 320 g/mol. The molecule has 0 radical (unpaired) electrons. The molecule has 0 bridgehead atoms. The number of anilines is 1. The second-order valence-corrected chi connectivity index (χ2v) is 5.79. The standard InChI is InChI=1S/C19H20N2O4/c1-13-4-2-3-5-14(13)12-20-18(22)11-19(23)21-15-6-7-16-17(10-15)25-9-8-24-16/h2-7,10H,8-9,11-12H2,1H3,(H,20,22)(H,21,23). The number of hydrogen-bond acceptors (Lipinski definition) is 4. The number of carbonyl (C=O) groups is 2. The molecule has 1 aliphatic heterocycles. The van der Waals surface area contributed by atoms with Gasteiger partial charge in [-0.1, -0.05) is 24.3 Å². The Kier molecular flexibility index (Phi) is 5.18. The van der Waals surface area contributed by atoms with E-state index in [0.29, 0.717) is 36.9 Å². The van der Waals surface area contributed by atoms with Crippen molar-refractivity contribution >= 4 is 17.5 Å². The van der Waals surface area contributed by atoms with Crippen molar-refractivity contribution in [2.45, 2.75) is 19.9 Å². The van der Waals surface area contributed by atoms with E-state index >= 15 is 0 Å². The van der Waals surface area contributed by atoms with Crippen LogP contribution < -0.4 is 20.1 Å². The fourth-order valence-corrected chi connectivity index (χ4v) is 2.54. The van der Waals surface area contributed by atoms with Crippen molar-refractivity contribution in [3.8, 4) is 11.5 Å². The number of amides is 2. The van der Waals surface area contributed by atoms with Crippen LogP contribution in [0.4, 0.5) is 5.69 Å². The fourth-order valence-electron chi connectivity index (χ4n) is 2.54. The molecule has 2 aromatic rings. The van der Waals surface area contributed by atoms with E-state index in [1.807, 2.05) is 31.2 Å². The normalized spacial score (nSPS) is 12.4. The minimum atomic E-state index is -0.376. The summed E-state index contributed by atoms with van der Waals surface area (Å²) in [7, 11) is 0. The van der Waals surface area contributed by atoms with Gasteiger partial charge in [0.2, 0.25) is 11.8 Å². The van der Waals surface area contributed by atoms with Crippen LogP contribution in [0.3, 0.4) is 0 Å². The molecule has 0 spiro atoms. The molecular formula is C19H20N2O4. The summed E-state index contributed by atoms with van der Waals surface area (Å²) in [6.07, 6.45) is -0.236. The lowest BCUT2D eigenvalue weighted by molar-refractivity contribution is -0.126. The quantitative estimate of drug-likeness (QED) is 0.820. The van der Waals surface area contributed by atoms with Gasteiger partial charge in [-0.15, -0.1) is 0 Å². The first-order valence-corrected chi connectivity index (χ1v) is 8.12. The first kappa shape index (κ1) is 16.8. The van der Waals surface area contributed by atoms with Gasteiger partial charge < -0.3 is 20.1 Å². The van der Waals surface area contributed by atoms with Crippen molar-refractivity contribution in [1.82, 2.24) is 5.32 Å². The average molecular weight is 340 g/mol. The van der Waals surface area contributed by atoms with E-state index in [1.54, 1.807) is 18.2 Å². The van der Waals surface area contributed by atoms with Gasteiger partial charge in [0.25, 0.3) is 0 Å². The van der Waals surface area contributed by atoms with Gasteiger partial charge in [-0.3, -0.25) is 9.59 Å². The minimum absolute atomic E-state index is 0.236. The van der Waals surface area contributed by atoms with Crippen LogP contribution in [0.15, 0.2) is 42.5 Å². The van der Waals surface area contributed by atoms with Crippen LogP contribution in [-0.4, -0.2) is 25.0 Å². The lowest BCUT2D eigenvalue weighted by Crippen LogP contribution is -2.28. The Bertz CT molecular complexity index is 789. The maximum atomic E-state index is 12.0. The Hall–Kier alpha value is -3.02. The van der Waals surface area contributed by atoms with Crippen LogP contribution >= 0.6 is 0 Å². The number of rotatable bonds is 5. The zero-order chi connectivity index (χ0) is 17.6. The Morgan fingerprint density at radius 3 is 2.56 bits per heavy atom. The zero-order valence-corrected chi connectivity index (χ0v) is 14.0. The Balaban J connectivity index is 1.50. The monoisotopic (exact) mass is 340 g/mol. The van der Waals surface area contributed by atoms with Crippen LogP contribution in [0, 0.1) is 6.92 Å². The van der Waals surface area contributed by atoms with E-state index in [4.69, 9.17) is 9.47 Å². The molecule has 3 rings (SSSR count). The third kappa shape index (κ3) is 4.50.